The van der Waals surface area contributed by atoms with Crippen LogP contribution in [-0.4, -0.2) is 50.7 Å². The first-order chi connectivity index (χ1) is 12.7. The molecule has 0 bridgehead atoms. The van der Waals surface area contributed by atoms with Gasteiger partial charge in [0, 0.05) is 19.3 Å². The molecule has 0 aromatic carbocycles. The molecule has 4 rings (SSSR count). The van der Waals surface area contributed by atoms with Crippen LogP contribution in [0.25, 0.3) is 0 Å². The summed E-state index contributed by atoms with van der Waals surface area (Å²) in [5.41, 5.74) is 2.02. The van der Waals surface area contributed by atoms with Crippen LogP contribution >= 0.6 is 0 Å². The summed E-state index contributed by atoms with van der Waals surface area (Å²) in [6.07, 6.45) is 3.10. The van der Waals surface area contributed by atoms with E-state index in [4.69, 9.17) is 4.74 Å². The third-order valence-corrected chi connectivity index (χ3v) is 4.70. The second kappa shape index (κ2) is 7.25. The van der Waals surface area contributed by atoms with Gasteiger partial charge in [-0.2, -0.15) is 5.10 Å². The topological polar surface area (TPSA) is 89.4 Å². The third-order valence-electron chi connectivity index (χ3n) is 4.70. The van der Waals surface area contributed by atoms with E-state index in [1.54, 1.807) is 21.8 Å². The number of pyridine rings is 1. The summed E-state index contributed by atoms with van der Waals surface area (Å²) in [6.45, 7) is 2.64. The SMILES string of the molecule is O=C(NCc1ccccn1)c1cc2n(n1)CCN(C(=O)[C@@H]1CCCO1)C2. The Morgan fingerprint density at radius 2 is 2.23 bits per heavy atom. The van der Waals surface area contributed by atoms with E-state index in [-0.39, 0.29) is 17.9 Å². The highest BCUT2D eigenvalue weighted by atomic mass is 16.5. The van der Waals surface area contributed by atoms with Crippen LogP contribution in [0.4, 0.5) is 0 Å². The van der Waals surface area contributed by atoms with Gasteiger partial charge in [-0.1, -0.05) is 6.07 Å². The molecule has 1 atom stereocenters. The Balaban J connectivity index is 1.39. The maximum absolute atomic E-state index is 12.5. The standard InChI is InChI=1S/C18H21N5O3/c24-17(20-11-13-4-1-2-6-19-13)15-10-14-12-22(7-8-23(14)21-15)18(25)16-5-3-9-26-16/h1-2,4,6,10,16H,3,5,7-9,11-12H2,(H,20,24)/t16-/m0/s1. The van der Waals surface area contributed by atoms with Gasteiger partial charge in [0.25, 0.3) is 11.8 Å². The highest BCUT2D eigenvalue weighted by molar-refractivity contribution is 5.92. The first-order valence-electron chi connectivity index (χ1n) is 8.86. The number of carbonyl (C=O) groups excluding carboxylic acids is 2. The summed E-state index contributed by atoms with van der Waals surface area (Å²) >= 11 is 0. The number of fused-ring (bicyclic) bond motifs is 1. The first kappa shape index (κ1) is 16.7. The summed E-state index contributed by atoms with van der Waals surface area (Å²) in [4.78, 5) is 30.8. The number of aromatic nitrogens is 3. The smallest absolute Gasteiger partial charge is 0.272 e. The van der Waals surface area contributed by atoms with Gasteiger partial charge in [0.05, 0.1) is 31.0 Å². The van der Waals surface area contributed by atoms with E-state index in [1.807, 2.05) is 18.2 Å². The van der Waals surface area contributed by atoms with Crippen LogP contribution < -0.4 is 5.32 Å². The molecule has 0 radical (unpaired) electrons. The van der Waals surface area contributed by atoms with Crippen LogP contribution in [0.2, 0.25) is 0 Å². The monoisotopic (exact) mass is 355 g/mol. The number of ether oxygens (including phenoxy) is 1. The van der Waals surface area contributed by atoms with Crippen molar-refractivity contribution in [2.24, 2.45) is 0 Å². The molecule has 8 nitrogen and oxygen atoms in total. The zero-order valence-electron chi connectivity index (χ0n) is 14.4. The molecular weight excluding hydrogens is 334 g/mol. The van der Waals surface area contributed by atoms with Crippen LogP contribution in [0.15, 0.2) is 30.5 Å². The van der Waals surface area contributed by atoms with Gasteiger partial charge in [-0.05, 0) is 31.0 Å². The van der Waals surface area contributed by atoms with Crippen molar-refractivity contribution in [2.45, 2.75) is 38.6 Å². The fourth-order valence-corrected chi connectivity index (χ4v) is 3.31. The Labute approximate surface area is 151 Å². The molecule has 0 saturated carbocycles. The number of nitrogens with one attached hydrogen (secondary N) is 1. The Hall–Kier alpha value is -2.74. The van der Waals surface area contributed by atoms with Gasteiger partial charge in [0.15, 0.2) is 5.69 Å². The van der Waals surface area contributed by atoms with E-state index in [9.17, 15) is 9.59 Å². The van der Waals surface area contributed by atoms with Crippen molar-refractivity contribution in [3.63, 3.8) is 0 Å². The van der Waals surface area contributed by atoms with Crippen LogP contribution in [0.5, 0.6) is 0 Å². The Kier molecular flexibility index (Phi) is 4.66. The number of hydrogen-bond donors (Lipinski definition) is 1. The molecule has 0 spiro atoms. The highest BCUT2D eigenvalue weighted by Gasteiger charge is 2.31. The second-order valence-electron chi connectivity index (χ2n) is 6.51. The van der Waals surface area contributed by atoms with E-state index in [2.05, 4.69) is 15.4 Å². The van der Waals surface area contributed by atoms with Gasteiger partial charge < -0.3 is 15.0 Å². The predicted octanol–water partition coefficient (Wildman–Crippen LogP) is 0.729. The quantitative estimate of drug-likeness (QED) is 0.873. The summed E-state index contributed by atoms with van der Waals surface area (Å²) in [6, 6.07) is 7.32. The van der Waals surface area contributed by atoms with Crippen LogP contribution in [0.1, 0.15) is 34.7 Å². The molecule has 1 N–H and O–H groups in total. The maximum atomic E-state index is 12.5. The minimum atomic E-state index is -0.314. The van der Waals surface area contributed by atoms with E-state index in [0.717, 1.165) is 24.2 Å². The highest BCUT2D eigenvalue weighted by Crippen LogP contribution is 2.19. The van der Waals surface area contributed by atoms with Gasteiger partial charge in [-0.15, -0.1) is 0 Å². The van der Waals surface area contributed by atoms with E-state index >= 15 is 0 Å². The van der Waals surface area contributed by atoms with Crippen molar-refractivity contribution in [1.82, 2.24) is 25.0 Å². The van der Waals surface area contributed by atoms with Crippen LogP contribution in [0.3, 0.4) is 0 Å². The number of rotatable bonds is 4. The van der Waals surface area contributed by atoms with Crippen LogP contribution in [-0.2, 0) is 29.2 Å². The van der Waals surface area contributed by atoms with Gasteiger partial charge in [0.1, 0.15) is 6.10 Å². The molecule has 2 aliphatic heterocycles. The molecule has 1 saturated heterocycles. The first-order valence-corrected chi connectivity index (χ1v) is 8.86. The summed E-state index contributed by atoms with van der Waals surface area (Å²) in [5, 5.41) is 7.19. The number of nitrogens with zero attached hydrogens (tertiary/aromatic N) is 4. The van der Waals surface area contributed by atoms with Crippen molar-refractivity contribution in [3.05, 3.63) is 47.5 Å². The van der Waals surface area contributed by atoms with Gasteiger partial charge in [-0.25, -0.2) is 0 Å². The molecule has 1 fully saturated rings. The average Bonchev–Trinajstić information content (AvgIpc) is 3.35. The number of amides is 2. The fourth-order valence-electron chi connectivity index (χ4n) is 3.31. The lowest BCUT2D eigenvalue weighted by molar-refractivity contribution is -0.142. The van der Waals surface area contributed by atoms with Crippen molar-refractivity contribution < 1.29 is 14.3 Å². The molecule has 0 aliphatic carbocycles. The normalized spacial score (nSPS) is 19.2. The molecule has 2 aromatic rings. The molecular formula is C18H21N5O3. The minimum absolute atomic E-state index is 0.0381. The number of carbonyl (C=O) groups is 2. The lowest BCUT2D eigenvalue weighted by Gasteiger charge is -2.29. The van der Waals surface area contributed by atoms with Crippen molar-refractivity contribution >= 4 is 11.8 Å². The maximum Gasteiger partial charge on any atom is 0.272 e. The summed E-state index contributed by atoms with van der Waals surface area (Å²) in [5.74, 6) is -0.203. The fraction of sp³-hybridized carbons (Fsp3) is 0.444. The Bertz CT molecular complexity index is 798. The molecule has 2 aliphatic rings. The van der Waals surface area contributed by atoms with Crippen molar-refractivity contribution in [3.8, 4) is 0 Å². The van der Waals surface area contributed by atoms with E-state index in [1.165, 1.54) is 0 Å². The Morgan fingerprint density at radius 1 is 1.31 bits per heavy atom. The van der Waals surface area contributed by atoms with E-state index in [0.29, 0.717) is 38.5 Å². The molecule has 26 heavy (non-hydrogen) atoms. The zero-order chi connectivity index (χ0) is 17.9. The predicted molar refractivity (Wildman–Crippen MR) is 92.0 cm³/mol. The van der Waals surface area contributed by atoms with E-state index < -0.39 is 0 Å². The van der Waals surface area contributed by atoms with Crippen LogP contribution in [0, 0.1) is 0 Å². The lowest BCUT2D eigenvalue weighted by atomic mass is 10.2. The molecule has 4 heterocycles. The largest absolute Gasteiger partial charge is 0.368 e. The van der Waals surface area contributed by atoms with Gasteiger partial charge >= 0.3 is 0 Å². The molecule has 2 aromatic heterocycles. The third kappa shape index (κ3) is 3.45. The Morgan fingerprint density at radius 3 is 3.00 bits per heavy atom. The lowest BCUT2D eigenvalue weighted by Crippen LogP contribution is -2.43. The zero-order valence-corrected chi connectivity index (χ0v) is 14.4. The van der Waals surface area contributed by atoms with Gasteiger partial charge in [0.2, 0.25) is 0 Å². The summed E-state index contributed by atoms with van der Waals surface area (Å²) in [7, 11) is 0. The van der Waals surface area contributed by atoms with Crippen molar-refractivity contribution in [1.29, 1.82) is 0 Å². The van der Waals surface area contributed by atoms with Crippen molar-refractivity contribution in [2.75, 3.05) is 13.2 Å². The molecule has 8 heteroatoms. The molecule has 2 amide bonds. The molecule has 136 valence electrons. The number of hydrogen-bond acceptors (Lipinski definition) is 5. The minimum Gasteiger partial charge on any atom is -0.368 e. The summed E-state index contributed by atoms with van der Waals surface area (Å²) < 4.78 is 7.29. The second-order valence-corrected chi connectivity index (χ2v) is 6.51. The average molecular weight is 355 g/mol. The van der Waals surface area contributed by atoms with Gasteiger partial charge in [-0.3, -0.25) is 19.3 Å². The molecule has 0 unspecified atom stereocenters.